The number of carbonyl (C=O) groups is 1. The first-order valence-electron chi connectivity index (χ1n) is 10.8. The van der Waals surface area contributed by atoms with Crippen LogP contribution >= 0.6 is 0 Å². The second-order valence-electron chi connectivity index (χ2n) is 8.23. The highest BCUT2D eigenvalue weighted by molar-refractivity contribution is 5.72. The maximum absolute atomic E-state index is 11.8. The van der Waals surface area contributed by atoms with E-state index in [0.29, 0.717) is 12.5 Å². The number of rotatable bonds is 12. The van der Waals surface area contributed by atoms with E-state index >= 15 is 0 Å². The van der Waals surface area contributed by atoms with Crippen molar-refractivity contribution in [1.82, 2.24) is 10.2 Å². The van der Waals surface area contributed by atoms with Gasteiger partial charge in [0.05, 0.1) is 0 Å². The third kappa shape index (κ3) is 6.33. The van der Waals surface area contributed by atoms with Crippen LogP contribution in [0.25, 0.3) is 0 Å². The molecular weight excluding hydrogens is 358 g/mol. The molecule has 0 heterocycles. The Morgan fingerprint density at radius 3 is 1.97 bits per heavy atom. The van der Waals surface area contributed by atoms with Gasteiger partial charge in [0.1, 0.15) is 0 Å². The fourth-order valence-electron chi connectivity index (χ4n) is 4.44. The summed E-state index contributed by atoms with van der Waals surface area (Å²) < 4.78 is 0. The number of nitrogens with two attached hydrogens (primary N) is 1. The summed E-state index contributed by atoms with van der Waals surface area (Å²) in [6.07, 6.45) is 6.01. The van der Waals surface area contributed by atoms with Gasteiger partial charge in [0.25, 0.3) is 0 Å². The Morgan fingerprint density at radius 1 is 0.966 bits per heavy atom. The SMILES string of the molecule is CCCCCCC(CN(C)C)C(CNC(N)=O)(c1ccccc1)c1ccccc1. The first-order valence-corrected chi connectivity index (χ1v) is 10.8. The van der Waals surface area contributed by atoms with Gasteiger partial charge in [0, 0.05) is 18.5 Å². The molecule has 0 aliphatic carbocycles. The summed E-state index contributed by atoms with van der Waals surface area (Å²) in [4.78, 5) is 14.0. The van der Waals surface area contributed by atoms with E-state index < -0.39 is 6.03 Å². The monoisotopic (exact) mass is 395 g/mol. The van der Waals surface area contributed by atoms with Crippen molar-refractivity contribution in [2.45, 2.75) is 44.4 Å². The summed E-state index contributed by atoms with van der Waals surface area (Å²) >= 11 is 0. The van der Waals surface area contributed by atoms with Crippen molar-refractivity contribution >= 4 is 6.03 Å². The van der Waals surface area contributed by atoms with E-state index in [1.807, 2.05) is 12.1 Å². The number of hydrogen-bond donors (Lipinski definition) is 2. The number of amides is 2. The van der Waals surface area contributed by atoms with Gasteiger partial charge in [0.15, 0.2) is 0 Å². The number of hydrogen-bond acceptors (Lipinski definition) is 2. The minimum Gasteiger partial charge on any atom is -0.352 e. The molecule has 2 amide bonds. The van der Waals surface area contributed by atoms with E-state index in [0.717, 1.165) is 13.0 Å². The van der Waals surface area contributed by atoms with Crippen molar-refractivity contribution < 1.29 is 4.79 Å². The van der Waals surface area contributed by atoms with Crippen molar-refractivity contribution in [3.63, 3.8) is 0 Å². The molecule has 0 bridgehead atoms. The molecule has 29 heavy (non-hydrogen) atoms. The number of nitrogens with one attached hydrogen (secondary N) is 1. The van der Waals surface area contributed by atoms with E-state index in [4.69, 9.17) is 5.73 Å². The van der Waals surface area contributed by atoms with Crippen LogP contribution in [0, 0.1) is 5.92 Å². The van der Waals surface area contributed by atoms with Gasteiger partial charge in [0.2, 0.25) is 0 Å². The molecule has 0 spiro atoms. The quantitative estimate of drug-likeness (QED) is 0.508. The number of nitrogens with zero attached hydrogens (tertiary/aromatic N) is 1. The third-order valence-corrected chi connectivity index (χ3v) is 5.81. The summed E-state index contributed by atoms with van der Waals surface area (Å²) in [5, 5.41) is 2.96. The normalized spacial score (nSPS) is 12.7. The van der Waals surface area contributed by atoms with Crippen LogP contribution in [0.5, 0.6) is 0 Å². The highest BCUT2D eigenvalue weighted by Gasteiger charge is 2.42. The Bertz CT molecular complexity index is 676. The summed E-state index contributed by atoms with van der Waals surface area (Å²) in [7, 11) is 4.25. The van der Waals surface area contributed by atoms with Gasteiger partial charge in [-0.05, 0) is 37.6 Å². The minimum absolute atomic E-state index is 0.339. The summed E-state index contributed by atoms with van der Waals surface area (Å²) in [6, 6.07) is 20.7. The first-order chi connectivity index (χ1) is 14.0. The smallest absolute Gasteiger partial charge is 0.312 e. The molecule has 0 aliphatic rings. The summed E-state index contributed by atoms with van der Waals surface area (Å²) in [5.41, 5.74) is 7.65. The number of benzene rings is 2. The van der Waals surface area contributed by atoms with E-state index in [1.54, 1.807) is 0 Å². The van der Waals surface area contributed by atoms with Crippen LogP contribution in [0.2, 0.25) is 0 Å². The van der Waals surface area contributed by atoms with Crippen molar-refractivity contribution in [2.24, 2.45) is 11.7 Å². The lowest BCUT2D eigenvalue weighted by molar-refractivity contribution is 0.209. The van der Waals surface area contributed by atoms with E-state index in [1.165, 1.54) is 36.8 Å². The van der Waals surface area contributed by atoms with Gasteiger partial charge in [-0.1, -0.05) is 93.3 Å². The van der Waals surface area contributed by atoms with Crippen LogP contribution in [0.3, 0.4) is 0 Å². The zero-order valence-corrected chi connectivity index (χ0v) is 18.2. The van der Waals surface area contributed by atoms with Crippen molar-refractivity contribution in [1.29, 1.82) is 0 Å². The van der Waals surface area contributed by atoms with Gasteiger partial charge >= 0.3 is 6.03 Å². The Labute approximate surface area is 176 Å². The molecule has 4 heteroatoms. The van der Waals surface area contributed by atoms with Gasteiger partial charge in [-0.2, -0.15) is 0 Å². The lowest BCUT2D eigenvalue weighted by atomic mass is 9.64. The fourth-order valence-corrected chi connectivity index (χ4v) is 4.44. The lowest BCUT2D eigenvalue weighted by Gasteiger charge is -2.43. The minimum atomic E-state index is -0.476. The van der Waals surface area contributed by atoms with E-state index in [9.17, 15) is 4.79 Å². The summed E-state index contributed by atoms with van der Waals surface area (Å²) in [6.45, 7) is 3.67. The third-order valence-electron chi connectivity index (χ3n) is 5.81. The van der Waals surface area contributed by atoms with Gasteiger partial charge in [-0.3, -0.25) is 0 Å². The molecule has 2 aromatic carbocycles. The Kier molecular flexibility index (Phi) is 9.20. The highest BCUT2D eigenvalue weighted by atomic mass is 16.2. The summed E-state index contributed by atoms with van der Waals surface area (Å²) in [5.74, 6) is 0.339. The molecule has 0 radical (unpaired) electrons. The van der Waals surface area contributed by atoms with Crippen molar-refractivity contribution in [3.05, 3.63) is 71.8 Å². The van der Waals surface area contributed by atoms with Crippen LogP contribution in [0.1, 0.15) is 50.2 Å². The van der Waals surface area contributed by atoms with Crippen molar-refractivity contribution in [2.75, 3.05) is 27.2 Å². The number of urea groups is 1. The molecule has 4 nitrogen and oxygen atoms in total. The molecule has 0 saturated heterocycles. The van der Waals surface area contributed by atoms with Gasteiger partial charge < -0.3 is 16.0 Å². The van der Waals surface area contributed by atoms with E-state index in [2.05, 4.69) is 79.8 Å². The number of unbranched alkanes of at least 4 members (excludes halogenated alkanes) is 3. The molecule has 0 aliphatic heterocycles. The molecular formula is C25H37N3O. The first kappa shape index (κ1) is 23.0. The Morgan fingerprint density at radius 2 is 1.52 bits per heavy atom. The zero-order chi connectivity index (χ0) is 21.1. The topological polar surface area (TPSA) is 58.4 Å². The average molecular weight is 396 g/mol. The van der Waals surface area contributed by atoms with Crippen LogP contribution in [-0.2, 0) is 5.41 Å². The highest BCUT2D eigenvalue weighted by Crippen LogP contribution is 2.42. The predicted molar refractivity (Wildman–Crippen MR) is 122 cm³/mol. The number of primary amides is 1. The number of carbonyl (C=O) groups excluding carboxylic acids is 1. The molecule has 1 atom stereocenters. The molecule has 1 unspecified atom stereocenters. The molecule has 2 aromatic rings. The van der Waals surface area contributed by atoms with Crippen LogP contribution in [0.15, 0.2) is 60.7 Å². The standard InChI is InChI=1S/C25H37N3O/c1-4-5-6-9-18-23(19-28(2)3)25(20-27-24(26)29,21-14-10-7-11-15-21)22-16-12-8-13-17-22/h7-8,10-17,23H,4-6,9,18-20H2,1-3H3,(H3,26,27,29). The van der Waals surface area contributed by atoms with Crippen LogP contribution in [0.4, 0.5) is 4.79 Å². The lowest BCUT2D eigenvalue weighted by Crippen LogP contribution is -2.50. The van der Waals surface area contributed by atoms with Crippen LogP contribution < -0.4 is 11.1 Å². The maximum atomic E-state index is 11.8. The molecule has 3 N–H and O–H groups in total. The Balaban J connectivity index is 2.57. The van der Waals surface area contributed by atoms with E-state index in [-0.39, 0.29) is 5.41 Å². The van der Waals surface area contributed by atoms with Gasteiger partial charge in [-0.15, -0.1) is 0 Å². The van der Waals surface area contributed by atoms with Crippen molar-refractivity contribution in [3.8, 4) is 0 Å². The predicted octanol–water partition coefficient (Wildman–Crippen LogP) is 4.79. The molecule has 0 aromatic heterocycles. The largest absolute Gasteiger partial charge is 0.352 e. The zero-order valence-electron chi connectivity index (χ0n) is 18.2. The average Bonchev–Trinajstić information content (AvgIpc) is 2.72. The molecule has 0 saturated carbocycles. The second kappa shape index (κ2) is 11.6. The molecule has 158 valence electrons. The molecule has 2 rings (SSSR count). The Hall–Kier alpha value is -2.33. The molecule has 0 fully saturated rings. The fraction of sp³-hybridized carbons (Fsp3) is 0.480. The second-order valence-corrected chi connectivity index (χ2v) is 8.23. The maximum Gasteiger partial charge on any atom is 0.312 e. The van der Waals surface area contributed by atoms with Gasteiger partial charge in [-0.25, -0.2) is 4.79 Å². The van der Waals surface area contributed by atoms with Crippen LogP contribution in [-0.4, -0.2) is 38.1 Å².